The Morgan fingerprint density at radius 1 is 1.25 bits per heavy atom. The number of piperazine rings is 1. The molecule has 1 aliphatic heterocycles. The topological polar surface area (TPSA) is 15.3 Å². The van der Waals surface area contributed by atoms with Gasteiger partial charge in [-0.15, -0.1) is 0 Å². The highest BCUT2D eigenvalue weighted by atomic mass is 15.2. The van der Waals surface area contributed by atoms with Gasteiger partial charge in [0.05, 0.1) is 0 Å². The second-order valence-electron chi connectivity index (χ2n) is 6.87. The summed E-state index contributed by atoms with van der Waals surface area (Å²) in [6.07, 6.45) is 5.50. The van der Waals surface area contributed by atoms with Crippen molar-refractivity contribution in [2.45, 2.75) is 57.7 Å². The van der Waals surface area contributed by atoms with E-state index >= 15 is 0 Å². The van der Waals surface area contributed by atoms with Crippen molar-refractivity contribution in [2.75, 3.05) is 13.1 Å². The van der Waals surface area contributed by atoms with Crippen molar-refractivity contribution >= 4 is 0 Å². The maximum atomic E-state index is 3.73. The highest BCUT2D eigenvalue weighted by Gasteiger charge is 2.32. The first kappa shape index (κ1) is 14.1. The first-order valence-electron chi connectivity index (χ1n) is 8.25. The minimum absolute atomic E-state index is 0.607. The highest BCUT2D eigenvalue weighted by molar-refractivity contribution is 5.16. The van der Waals surface area contributed by atoms with Gasteiger partial charge in [0.25, 0.3) is 0 Å². The summed E-state index contributed by atoms with van der Waals surface area (Å²) in [7, 11) is 0. The van der Waals surface area contributed by atoms with Crippen LogP contribution >= 0.6 is 0 Å². The number of nitrogens with one attached hydrogen (secondary N) is 1. The van der Waals surface area contributed by atoms with Crippen molar-refractivity contribution in [1.82, 2.24) is 10.2 Å². The molecule has 0 amide bonds. The van der Waals surface area contributed by atoms with Gasteiger partial charge in [-0.3, -0.25) is 4.90 Å². The van der Waals surface area contributed by atoms with Gasteiger partial charge in [-0.05, 0) is 38.2 Å². The summed E-state index contributed by atoms with van der Waals surface area (Å²) in [5.74, 6) is 1.03. The quantitative estimate of drug-likeness (QED) is 0.886. The van der Waals surface area contributed by atoms with Crippen LogP contribution in [-0.2, 0) is 6.42 Å². The molecule has 1 saturated heterocycles. The third-order valence-corrected chi connectivity index (χ3v) is 4.96. The molecule has 1 aliphatic carbocycles. The normalized spacial score (nSPS) is 29.3. The molecule has 2 nitrogen and oxygen atoms in total. The van der Waals surface area contributed by atoms with Gasteiger partial charge in [-0.25, -0.2) is 0 Å². The second-order valence-corrected chi connectivity index (χ2v) is 6.87. The average molecular weight is 272 g/mol. The molecule has 1 aromatic rings. The van der Waals surface area contributed by atoms with Crippen LogP contribution in [0.3, 0.4) is 0 Å². The van der Waals surface area contributed by atoms with Gasteiger partial charge in [0, 0.05) is 31.2 Å². The second kappa shape index (κ2) is 6.28. The lowest BCUT2D eigenvalue weighted by Crippen LogP contribution is -2.58. The molecule has 2 aliphatic rings. The monoisotopic (exact) mass is 272 g/mol. The van der Waals surface area contributed by atoms with Crippen molar-refractivity contribution in [3.63, 3.8) is 0 Å². The van der Waals surface area contributed by atoms with E-state index in [1.807, 2.05) is 0 Å². The Bertz CT molecular complexity index is 413. The summed E-state index contributed by atoms with van der Waals surface area (Å²) < 4.78 is 0. The molecule has 110 valence electrons. The van der Waals surface area contributed by atoms with E-state index in [1.54, 1.807) is 0 Å². The summed E-state index contributed by atoms with van der Waals surface area (Å²) in [4.78, 5) is 2.74. The van der Waals surface area contributed by atoms with Crippen LogP contribution in [0.2, 0.25) is 0 Å². The molecule has 1 aromatic carbocycles. The lowest BCUT2D eigenvalue weighted by molar-refractivity contribution is 0.0914. The third-order valence-electron chi connectivity index (χ3n) is 4.96. The lowest BCUT2D eigenvalue weighted by Gasteiger charge is -2.42. The zero-order chi connectivity index (χ0) is 13.9. The zero-order valence-electron chi connectivity index (χ0n) is 12.9. The number of hydrogen-bond donors (Lipinski definition) is 1. The fourth-order valence-corrected chi connectivity index (χ4v) is 3.57. The van der Waals surface area contributed by atoms with E-state index in [9.17, 15) is 0 Å². The molecule has 3 rings (SSSR count). The molecule has 0 aromatic heterocycles. The summed E-state index contributed by atoms with van der Waals surface area (Å²) in [6.45, 7) is 7.13. The fraction of sp³-hybridized carbons (Fsp3) is 0.667. The molecule has 3 atom stereocenters. The van der Waals surface area contributed by atoms with Crippen molar-refractivity contribution < 1.29 is 0 Å². The minimum Gasteiger partial charge on any atom is -0.311 e. The summed E-state index contributed by atoms with van der Waals surface area (Å²) >= 11 is 0. The molecule has 20 heavy (non-hydrogen) atoms. The van der Waals surface area contributed by atoms with Crippen LogP contribution in [0.1, 0.15) is 38.7 Å². The molecule has 3 unspecified atom stereocenters. The number of hydrogen-bond acceptors (Lipinski definition) is 2. The van der Waals surface area contributed by atoms with Gasteiger partial charge in [-0.2, -0.15) is 0 Å². The first-order chi connectivity index (χ1) is 9.72. The molecule has 0 spiro atoms. The molecule has 2 fully saturated rings. The standard InChI is InChI=1S/C18H28N2/c1-14(10-17-8-9-17)20-13-18(19-12-15(20)2)11-16-6-4-3-5-7-16/h3-7,14-15,17-19H,8-13H2,1-2H3. The molecule has 1 N–H and O–H groups in total. The molecule has 0 radical (unpaired) electrons. The Morgan fingerprint density at radius 3 is 2.70 bits per heavy atom. The van der Waals surface area contributed by atoms with Crippen LogP contribution in [0.15, 0.2) is 30.3 Å². The van der Waals surface area contributed by atoms with E-state index in [2.05, 4.69) is 54.4 Å². The van der Waals surface area contributed by atoms with Crippen LogP contribution in [0.25, 0.3) is 0 Å². The van der Waals surface area contributed by atoms with E-state index in [0.717, 1.165) is 24.9 Å². The van der Waals surface area contributed by atoms with Gasteiger partial charge >= 0.3 is 0 Å². The molecule has 0 bridgehead atoms. The van der Waals surface area contributed by atoms with Crippen LogP contribution in [0.5, 0.6) is 0 Å². The lowest BCUT2D eigenvalue weighted by atomic mass is 9.99. The maximum absolute atomic E-state index is 3.73. The number of benzene rings is 1. The summed E-state index contributed by atoms with van der Waals surface area (Å²) in [6, 6.07) is 12.9. The number of nitrogens with zero attached hydrogens (tertiary/aromatic N) is 1. The predicted octanol–water partition coefficient (Wildman–Crippen LogP) is 3.08. The molecular formula is C18H28N2. The molecular weight excluding hydrogens is 244 g/mol. The van der Waals surface area contributed by atoms with Gasteiger partial charge in [0.2, 0.25) is 0 Å². The Kier molecular flexibility index (Phi) is 4.42. The first-order valence-corrected chi connectivity index (χ1v) is 8.25. The van der Waals surface area contributed by atoms with Gasteiger partial charge in [-0.1, -0.05) is 43.2 Å². The average Bonchev–Trinajstić information content (AvgIpc) is 3.26. The van der Waals surface area contributed by atoms with Gasteiger partial charge in [0.1, 0.15) is 0 Å². The van der Waals surface area contributed by atoms with Gasteiger partial charge < -0.3 is 5.32 Å². The van der Waals surface area contributed by atoms with Crippen LogP contribution in [-0.4, -0.2) is 36.1 Å². The van der Waals surface area contributed by atoms with E-state index in [4.69, 9.17) is 0 Å². The predicted molar refractivity (Wildman–Crippen MR) is 84.9 cm³/mol. The fourth-order valence-electron chi connectivity index (χ4n) is 3.57. The van der Waals surface area contributed by atoms with Crippen molar-refractivity contribution in [3.8, 4) is 0 Å². The Hall–Kier alpha value is -0.860. The van der Waals surface area contributed by atoms with E-state index in [1.165, 1.54) is 31.4 Å². The summed E-state index contributed by atoms with van der Waals surface area (Å²) in [5.41, 5.74) is 1.45. The van der Waals surface area contributed by atoms with Crippen molar-refractivity contribution in [1.29, 1.82) is 0 Å². The molecule has 1 heterocycles. The minimum atomic E-state index is 0.607. The highest BCUT2D eigenvalue weighted by Crippen LogP contribution is 2.35. The van der Waals surface area contributed by atoms with E-state index < -0.39 is 0 Å². The summed E-state index contributed by atoms with van der Waals surface area (Å²) in [5, 5.41) is 3.73. The Balaban J connectivity index is 1.57. The number of rotatable bonds is 5. The van der Waals surface area contributed by atoms with Crippen LogP contribution < -0.4 is 5.32 Å². The largest absolute Gasteiger partial charge is 0.311 e. The molecule has 1 saturated carbocycles. The third kappa shape index (κ3) is 3.62. The SMILES string of the molecule is CC1CNC(Cc2ccccc2)CN1C(C)CC1CC1. The zero-order valence-corrected chi connectivity index (χ0v) is 12.9. The van der Waals surface area contributed by atoms with Gasteiger partial charge in [0.15, 0.2) is 0 Å². The smallest absolute Gasteiger partial charge is 0.0236 e. The van der Waals surface area contributed by atoms with E-state index in [0.29, 0.717) is 12.1 Å². The van der Waals surface area contributed by atoms with Crippen LogP contribution in [0.4, 0.5) is 0 Å². The van der Waals surface area contributed by atoms with E-state index in [-0.39, 0.29) is 0 Å². The molecule has 2 heteroatoms. The van der Waals surface area contributed by atoms with Crippen molar-refractivity contribution in [3.05, 3.63) is 35.9 Å². The Labute approximate surface area is 123 Å². The van der Waals surface area contributed by atoms with Crippen molar-refractivity contribution in [2.24, 2.45) is 5.92 Å². The van der Waals surface area contributed by atoms with Crippen LogP contribution in [0, 0.1) is 5.92 Å². The Morgan fingerprint density at radius 2 is 2.00 bits per heavy atom. The maximum Gasteiger partial charge on any atom is 0.0236 e.